The van der Waals surface area contributed by atoms with Gasteiger partial charge in [-0.1, -0.05) is 70.2 Å². The third kappa shape index (κ3) is 5.05. The Kier molecular flexibility index (Phi) is 9.38. The van der Waals surface area contributed by atoms with E-state index in [1.165, 1.54) is 11.1 Å². The van der Waals surface area contributed by atoms with Crippen LogP contribution < -0.4 is 4.74 Å². The topological polar surface area (TPSA) is 9.23 Å². The molecule has 0 aliphatic heterocycles. The largest absolute Gasteiger partial charge is 0.497 e. The molecule has 0 aromatic heterocycles. The molecule has 0 aliphatic rings. The van der Waals surface area contributed by atoms with Crippen LogP contribution in [0.25, 0.3) is 11.1 Å². The van der Waals surface area contributed by atoms with Gasteiger partial charge in [0, 0.05) is 0 Å². The van der Waals surface area contributed by atoms with Crippen molar-refractivity contribution in [1.82, 2.24) is 0 Å². The van der Waals surface area contributed by atoms with Crippen LogP contribution in [0.3, 0.4) is 0 Å². The molecule has 0 saturated heterocycles. The molecule has 2 rings (SSSR count). The zero-order valence-corrected chi connectivity index (χ0v) is 12.1. The highest BCUT2D eigenvalue weighted by atomic mass is 16.5. The Morgan fingerprint density at radius 1 is 0.667 bits per heavy atom. The van der Waals surface area contributed by atoms with Crippen molar-refractivity contribution in [3.63, 3.8) is 0 Å². The molecule has 0 aliphatic carbocycles. The quantitative estimate of drug-likeness (QED) is 0.686. The summed E-state index contributed by atoms with van der Waals surface area (Å²) < 4.78 is 5.18. The van der Waals surface area contributed by atoms with E-state index in [4.69, 9.17) is 4.74 Å². The molecule has 0 unspecified atom stereocenters. The standard InChI is InChI=1S/C13H12O.2C2H6/c1-14-13-9-5-8-12(10-13)11-6-3-2-4-7-11;2*1-2/h2-10H,1H3;2*1-2H3. The van der Waals surface area contributed by atoms with E-state index in [-0.39, 0.29) is 0 Å². The molecule has 0 fully saturated rings. The van der Waals surface area contributed by atoms with Gasteiger partial charge in [-0.2, -0.15) is 0 Å². The molecule has 0 spiro atoms. The third-order valence-corrected chi connectivity index (χ3v) is 2.18. The lowest BCUT2D eigenvalue weighted by atomic mass is 10.1. The molecule has 18 heavy (non-hydrogen) atoms. The van der Waals surface area contributed by atoms with Crippen molar-refractivity contribution in [3.05, 3.63) is 54.6 Å². The molecule has 98 valence electrons. The van der Waals surface area contributed by atoms with E-state index in [2.05, 4.69) is 18.2 Å². The van der Waals surface area contributed by atoms with Crippen LogP contribution in [0.4, 0.5) is 0 Å². The maximum Gasteiger partial charge on any atom is 0.119 e. The summed E-state index contributed by atoms with van der Waals surface area (Å²) in [5, 5.41) is 0. The molecule has 0 atom stereocenters. The van der Waals surface area contributed by atoms with E-state index < -0.39 is 0 Å². The first kappa shape index (κ1) is 16.2. The van der Waals surface area contributed by atoms with E-state index in [0.717, 1.165) is 5.75 Å². The summed E-state index contributed by atoms with van der Waals surface area (Å²) in [7, 11) is 1.68. The first-order valence-electron chi connectivity index (χ1n) is 6.59. The van der Waals surface area contributed by atoms with Gasteiger partial charge in [0.1, 0.15) is 5.75 Å². The predicted molar refractivity (Wildman–Crippen MR) is 81.1 cm³/mol. The first-order valence-corrected chi connectivity index (χ1v) is 6.59. The van der Waals surface area contributed by atoms with Gasteiger partial charge in [0.2, 0.25) is 0 Å². The van der Waals surface area contributed by atoms with Crippen molar-refractivity contribution in [2.75, 3.05) is 7.11 Å². The van der Waals surface area contributed by atoms with Gasteiger partial charge in [0.05, 0.1) is 7.11 Å². The highest BCUT2D eigenvalue weighted by molar-refractivity contribution is 5.64. The smallest absolute Gasteiger partial charge is 0.119 e. The van der Waals surface area contributed by atoms with Crippen molar-refractivity contribution in [3.8, 4) is 16.9 Å². The van der Waals surface area contributed by atoms with Crippen molar-refractivity contribution in [2.45, 2.75) is 27.7 Å². The fraction of sp³-hybridized carbons (Fsp3) is 0.294. The normalized spacial score (nSPS) is 8.28. The van der Waals surface area contributed by atoms with E-state index in [9.17, 15) is 0 Å². The molecule has 0 amide bonds. The number of methoxy groups -OCH3 is 1. The average Bonchev–Trinajstić information content (AvgIpc) is 2.52. The lowest BCUT2D eigenvalue weighted by Crippen LogP contribution is -1.83. The molecule has 0 N–H and O–H groups in total. The van der Waals surface area contributed by atoms with Gasteiger partial charge in [-0.3, -0.25) is 0 Å². The number of ether oxygens (including phenoxy) is 1. The molecule has 0 bridgehead atoms. The van der Waals surface area contributed by atoms with E-state index in [1.54, 1.807) is 7.11 Å². The second-order valence-corrected chi connectivity index (χ2v) is 3.10. The lowest BCUT2D eigenvalue weighted by Gasteiger charge is -2.03. The van der Waals surface area contributed by atoms with Crippen LogP contribution in [-0.2, 0) is 0 Å². The highest BCUT2D eigenvalue weighted by Crippen LogP contribution is 2.22. The molecule has 1 heteroatoms. The molecule has 0 saturated carbocycles. The molecule has 0 radical (unpaired) electrons. The van der Waals surface area contributed by atoms with Crippen LogP contribution in [0.2, 0.25) is 0 Å². The summed E-state index contributed by atoms with van der Waals surface area (Å²) in [6.07, 6.45) is 0. The van der Waals surface area contributed by atoms with Gasteiger partial charge in [0.25, 0.3) is 0 Å². The molecule has 2 aromatic rings. The van der Waals surface area contributed by atoms with Crippen molar-refractivity contribution in [1.29, 1.82) is 0 Å². The summed E-state index contributed by atoms with van der Waals surface area (Å²) in [4.78, 5) is 0. The van der Waals surface area contributed by atoms with Crippen LogP contribution in [0.5, 0.6) is 5.75 Å². The maximum absolute atomic E-state index is 5.18. The minimum atomic E-state index is 0.895. The minimum Gasteiger partial charge on any atom is -0.497 e. The second-order valence-electron chi connectivity index (χ2n) is 3.10. The Hall–Kier alpha value is -1.76. The molecule has 1 nitrogen and oxygen atoms in total. The van der Waals surface area contributed by atoms with Crippen LogP contribution >= 0.6 is 0 Å². The van der Waals surface area contributed by atoms with Crippen molar-refractivity contribution in [2.24, 2.45) is 0 Å². The number of hydrogen-bond acceptors (Lipinski definition) is 1. The Balaban J connectivity index is 0.000000659. The van der Waals surface area contributed by atoms with Crippen LogP contribution in [0, 0.1) is 0 Å². The average molecular weight is 244 g/mol. The van der Waals surface area contributed by atoms with Crippen molar-refractivity contribution < 1.29 is 4.74 Å². The summed E-state index contributed by atoms with van der Waals surface area (Å²) >= 11 is 0. The van der Waals surface area contributed by atoms with Gasteiger partial charge in [-0.25, -0.2) is 0 Å². The molecular formula is C17H24O. The molecule has 2 aromatic carbocycles. The van der Waals surface area contributed by atoms with Gasteiger partial charge >= 0.3 is 0 Å². The Morgan fingerprint density at radius 2 is 1.22 bits per heavy atom. The van der Waals surface area contributed by atoms with E-state index in [0.29, 0.717) is 0 Å². The summed E-state index contributed by atoms with van der Waals surface area (Å²) in [5.41, 5.74) is 2.40. The van der Waals surface area contributed by atoms with Gasteiger partial charge in [0.15, 0.2) is 0 Å². The Bertz CT molecular complexity index is 407. The summed E-state index contributed by atoms with van der Waals surface area (Å²) in [5.74, 6) is 0.895. The zero-order valence-electron chi connectivity index (χ0n) is 12.1. The van der Waals surface area contributed by atoms with Crippen LogP contribution in [0.15, 0.2) is 54.6 Å². The predicted octanol–water partition coefficient (Wildman–Crippen LogP) is 5.41. The van der Waals surface area contributed by atoms with Crippen LogP contribution in [-0.4, -0.2) is 7.11 Å². The molecular weight excluding hydrogens is 220 g/mol. The summed E-state index contributed by atoms with van der Waals surface area (Å²) in [6.45, 7) is 8.00. The van der Waals surface area contributed by atoms with Gasteiger partial charge in [-0.15, -0.1) is 0 Å². The highest BCUT2D eigenvalue weighted by Gasteiger charge is 1.97. The van der Waals surface area contributed by atoms with Gasteiger partial charge in [-0.05, 0) is 23.3 Å². The van der Waals surface area contributed by atoms with E-state index >= 15 is 0 Å². The van der Waals surface area contributed by atoms with E-state index in [1.807, 2.05) is 64.1 Å². The number of benzene rings is 2. The number of rotatable bonds is 2. The SMILES string of the molecule is CC.CC.COc1cccc(-c2ccccc2)c1. The fourth-order valence-corrected chi connectivity index (χ4v) is 1.43. The second kappa shape index (κ2) is 10.4. The maximum atomic E-state index is 5.18. The minimum absolute atomic E-state index is 0.895. The number of hydrogen-bond donors (Lipinski definition) is 0. The first-order chi connectivity index (χ1) is 8.90. The molecule has 0 heterocycles. The monoisotopic (exact) mass is 244 g/mol. The fourth-order valence-electron chi connectivity index (χ4n) is 1.43. The third-order valence-electron chi connectivity index (χ3n) is 2.18. The summed E-state index contributed by atoms with van der Waals surface area (Å²) in [6, 6.07) is 18.3. The van der Waals surface area contributed by atoms with Crippen LogP contribution in [0.1, 0.15) is 27.7 Å². The van der Waals surface area contributed by atoms with Gasteiger partial charge < -0.3 is 4.74 Å². The van der Waals surface area contributed by atoms with Crippen molar-refractivity contribution >= 4 is 0 Å². The zero-order chi connectivity index (χ0) is 13.8. The Labute approximate surface area is 111 Å². The Morgan fingerprint density at radius 3 is 1.78 bits per heavy atom. The lowest BCUT2D eigenvalue weighted by molar-refractivity contribution is 0.415.